The van der Waals surface area contributed by atoms with Crippen LogP contribution in [-0.2, 0) is 19.0 Å². The molecule has 6 unspecified atom stereocenters. The fourth-order valence-electron chi connectivity index (χ4n) is 5.37. The molecule has 0 amide bonds. The third-order valence-corrected chi connectivity index (χ3v) is 7.01. The fourth-order valence-corrected chi connectivity index (χ4v) is 5.37. The van der Waals surface area contributed by atoms with Gasteiger partial charge in [0.25, 0.3) is 0 Å². The lowest BCUT2D eigenvalue weighted by Crippen LogP contribution is -2.30. The Kier molecular flexibility index (Phi) is 5.38. The summed E-state index contributed by atoms with van der Waals surface area (Å²) in [5, 5.41) is 0. The van der Waals surface area contributed by atoms with E-state index in [1.807, 2.05) is 0 Å². The first kappa shape index (κ1) is 17.8. The van der Waals surface area contributed by atoms with Crippen molar-refractivity contribution >= 4 is 5.97 Å². The summed E-state index contributed by atoms with van der Waals surface area (Å²) in [5.41, 5.74) is 0.194. The molecule has 2 aliphatic heterocycles. The molecule has 2 saturated carbocycles. The summed E-state index contributed by atoms with van der Waals surface area (Å²) in [7, 11) is 0. The van der Waals surface area contributed by atoms with Crippen LogP contribution in [0.1, 0.15) is 84.0 Å². The molecule has 2 saturated heterocycles. The lowest BCUT2D eigenvalue weighted by atomic mass is 9.75. The minimum Gasteiger partial charge on any atom is -0.465 e. The van der Waals surface area contributed by atoms with Crippen molar-refractivity contribution in [3.8, 4) is 0 Å². The average Bonchev–Trinajstić information content (AvgIpc) is 3.53. The van der Waals surface area contributed by atoms with E-state index in [4.69, 9.17) is 14.2 Å². The number of rotatable bonds is 9. The number of epoxide rings is 2. The van der Waals surface area contributed by atoms with Gasteiger partial charge in [-0.15, -0.1) is 0 Å². The molecule has 4 fully saturated rings. The summed E-state index contributed by atoms with van der Waals surface area (Å²) in [6.45, 7) is 2.84. The summed E-state index contributed by atoms with van der Waals surface area (Å²) >= 11 is 0. The highest BCUT2D eigenvalue weighted by Crippen LogP contribution is 2.55. The van der Waals surface area contributed by atoms with Gasteiger partial charge >= 0.3 is 5.97 Å². The van der Waals surface area contributed by atoms with Gasteiger partial charge in [-0.3, -0.25) is 4.79 Å². The van der Waals surface area contributed by atoms with Gasteiger partial charge in [0.1, 0.15) is 0 Å². The van der Waals surface area contributed by atoms with E-state index in [-0.39, 0.29) is 17.5 Å². The molecule has 0 aromatic heterocycles. The molecule has 25 heavy (non-hydrogen) atoms. The molecular weight excluding hydrogens is 316 g/mol. The summed E-state index contributed by atoms with van der Waals surface area (Å²) in [6, 6.07) is 0. The Labute approximate surface area is 152 Å². The topological polar surface area (TPSA) is 51.4 Å². The Morgan fingerprint density at radius 1 is 1.16 bits per heavy atom. The minimum atomic E-state index is 0.00966. The third kappa shape index (κ3) is 3.90. The highest BCUT2D eigenvalue weighted by Gasteiger charge is 2.60. The Hall–Kier alpha value is -0.610. The van der Waals surface area contributed by atoms with E-state index in [1.165, 1.54) is 44.9 Å². The number of fused-ring (bicyclic) bond motifs is 2. The van der Waals surface area contributed by atoms with Crippen LogP contribution < -0.4 is 0 Å². The van der Waals surface area contributed by atoms with Crippen LogP contribution in [0.4, 0.5) is 0 Å². The molecule has 0 aromatic rings. The Morgan fingerprint density at radius 3 is 2.84 bits per heavy atom. The summed E-state index contributed by atoms with van der Waals surface area (Å²) < 4.78 is 17.3. The second kappa shape index (κ2) is 7.56. The van der Waals surface area contributed by atoms with Crippen molar-refractivity contribution in [2.45, 2.75) is 108 Å². The van der Waals surface area contributed by atoms with E-state index >= 15 is 0 Å². The molecule has 0 spiro atoms. The van der Waals surface area contributed by atoms with Crippen molar-refractivity contribution < 1.29 is 19.0 Å². The molecule has 0 N–H and O–H groups in total. The second-order valence-electron chi connectivity index (χ2n) is 8.68. The third-order valence-electron chi connectivity index (χ3n) is 7.01. The Balaban J connectivity index is 1.19. The number of carbonyl (C=O) groups excluding carboxylic acids is 1. The summed E-state index contributed by atoms with van der Waals surface area (Å²) in [4.78, 5) is 12.2. The minimum absolute atomic E-state index is 0.00966. The summed E-state index contributed by atoms with van der Waals surface area (Å²) in [6.07, 6.45) is 15.2. The Bertz CT molecular complexity index is 479. The van der Waals surface area contributed by atoms with Crippen LogP contribution in [0.2, 0.25) is 0 Å². The van der Waals surface area contributed by atoms with Crippen molar-refractivity contribution in [2.24, 2.45) is 11.8 Å². The SMILES string of the molecule is CCCCC(CCCOC(=O)C1CCC2OC2C1)C12CCCCC1O2. The van der Waals surface area contributed by atoms with E-state index < -0.39 is 0 Å². The number of esters is 1. The van der Waals surface area contributed by atoms with Gasteiger partial charge in [-0.05, 0) is 57.3 Å². The normalized spacial score (nSPS) is 39.9. The highest BCUT2D eigenvalue weighted by atomic mass is 16.6. The van der Waals surface area contributed by atoms with Gasteiger partial charge < -0.3 is 14.2 Å². The molecule has 6 atom stereocenters. The van der Waals surface area contributed by atoms with E-state index in [0.29, 0.717) is 30.8 Å². The first-order chi connectivity index (χ1) is 12.2. The van der Waals surface area contributed by atoms with E-state index in [1.54, 1.807) is 0 Å². The zero-order chi connectivity index (χ0) is 17.3. The molecule has 142 valence electrons. The van der Waals surface area contributed by atoms with Gasteiger partial charge in [-0.25, -0.2) is 0 Å². The monoisotopic (exact) mass is 350 g/mol. The molecule has 4 nitrogen and oxygen atoms in total. The molecular formula is C21H34O4. The van der Waals surface area contributed by atoms with Gasteiger partial charge in [-0.2, -0.15) is 0 Å². The highest BCUT2D eigenvalue weighted by molar-refractivity contribution is 5.72. The quantitative estimate of drug-likeness (QED) is 0.351. The number of ether oxygens (including phenoxy) is 3. The molecule has 0 radical (unpaired) electrons. The largest absolute Gasteiger partial charge is 0.465 e. The zero-order valence-electron chi connectivity index (χ0n) is 15.7. The first-order valence-corrected chi connectivity index (χ1v) is 10.7. The Morgan fingerprint density at radius 2 is 2.04 bits per heavy atom. The predicted molar refractivity (Wildman–Crippen MR) is 95.3 cm³/mol. The molecule has 4 rings (SSSR count). The van der Waals surface area contributed by atoms with Gasteiger partial charge in [0, 0.05) is 0 Å². The standard InChI is InChI=1S/C21H34O4/c1-2-3-7-16(21-12-5-4-9-19(21)25-21)8-6-13-23-20(22)15-10-11-17-18(14-15)24-17/h15-19H,2-14H2,1H3. The van der Waals surface area contributed by atoms with Crippen LogP contribution in [0.3, 0.4) is 0 Å². The van der Waals surface area contributed by atoms with Crippen LogP contribution in [0.15, 0.2) is 0 Å². The zero-order valence-corrected chi connectivity index (χ0v) is 15.7. The van der Waals surface area contributed by atoms with Crippen molar-refractivity contribution in [3.63, 3.8) is 0 Å². The predicted octanol–water partition coefficient (Wildman–Crippen LogP) is 4.40. The van der Waals surface area contributed by atoms with Gasteiger partial charge in [0.15, 0.2) is 0 Å². The van der Waals surface area contributed by atoms with Crippen molar-refractivity contribution in [1.29, 1.82) is 0 Å². The molecule has 2 aliphatic carbocycles. The van der Waals surface area contributed by atoms with Crippen LogP contribution in [-0.4, -0.2) is 36.5 Å². The smallest absolute Gasteiger partial charge is 0.309 e. The van der Waals surface area contributed by atoms with Gasteiger partial charge in [0.05, 0.1) is 36.4 Å². The van der Waals surface area contributed by atoms with Crippen LogP contribution in [0.5, 0.6) is 0 Å². The van der Waals surface area contributed by atoms with E-state index in [2.05, 4.69) is 6.92 Å². The van der Waals surface area contributed by atoms with Gasteiger partial charge in [0.2, 0.25) is 0 Å². The number of carbonyl (C=O) groups is 1. The average molecular weight is 350 g/mol. The van der Waals surface area contributed by atoms with Crippen LogP contribution >= 0.6 is 0 Å². The number of hydrogen-bond acceptors (Lipinski definition) is 4. The van der Waals surface area contributed by atoms with Gasteiger partial charge in [-0.1, -0.05) is 32.6 Å². The molecule has 2 heterocycles. The number of hydrogen-bond donors (Lipinski definition) is 0. The van der Waals surface area contributed by atoms with Crippen molar-refractivity contribution in [3.05, 3.63) is 0 Å². The first-order valence-electron chi connectivity index (χ1n) is 10.7. The molecule has 4 heteroatoms. The maximum Gasteiger partial charge on any atom is 0.309 e. The maximum absolute atomic E-state index is 12.2. The lowest BCUT2D eigenvalue weighted by Gasteiger charge is -2.27. The van der Waals surface area contributed by atoms with E-state index in [0.717, 1.165) is 32.1 Å². The molecule has 0 aromatic carbocycles. The second-order valence-corrected chi connectivity index (χ2v) is 8.68. The maximum atomic E-state index is 12.2. The molecule has 4 aliphatic rings. The number of unbranched alkanes of at least 4 members (excludes halogenated alkanes) is 1. The van der Waals surface area contributed by atoms with Crippen molar-refractivity contribution in [1.82, 2.24) is 0 Å². The van der Waals surface area contributed by atoms with Crippen LogP contribution in [0.25, 0.3) is 0 Å². The molecule has 0 bridgehead atoms. The van der Waals surface area contributed by atoms with Crippen LogP contribution in [0, 0.1) is 11.8 Å². The fraction of sp³-hybridized carbons (Fsp3) is 0.952. The lowest BCUT2D eigenvalue weighted by molar-refractivity contribution is -0.149. The van der Waals surface area contributed by atoms with E-state index in [9.17, 15) is 4.79 Å². The summed E-state index contributed by atoms with van der Waals surface area (Å²) in [5.74, 6) is 0.745. The van der Waals surface area contributed by atoms with Crippen molar-refractivity contribution in [2.75, 3.05) is 6.61 Å².